The van der Waals surface area contributed by atoms with Gasteiger partial charge in [0.25, 0.3) is 0 Å². The van der Waals surface area contributed by atoms with Gasteiger partial charge in [-0.15, -0.1) is 0 Å². The summed E-state index contributed by atoms with van der Waals surface area (Å²) in [5.41, 5.74) is 1.75. The quantitative estimate of drug-likeness (QED) is 0.276. The van der Waals surface area contributed by atoms with Crippen LogP contribution in [-0.2, 0) is 32.1 Å². The molecule has 9 nitrogen and oxygen atoms in total. The number of benzene rings is 2. The Labute approximate surface area is 204 Å². The minimum atomic E-state index is -1.44. The predicted octanol–water partition coefficient (Wildman–Crippen LogP) is 1.96. The van der Waals surface area contributed by atoms with E-state index in [1.54, 1.807) is 0 Å². The zero-order valence-corrected chi connectivity index (χ0v) is 19.9. The first-order valence-electron chi connectivity index (χ1n) is 11.5. The molecule has 0 saturated heterocycles. The standard InChI is InChI=1S/C26H33N3O6/c1-17(2)13-20(28-22(26(34)35)15-23(30)31)25(33)29-21(14-18-9-5-3-6-10-18)24(32)27-16-19-11-7-4-8-12-19/h3-12,17,20-22,28H,13-16H2,1-2H3,(H,27,32)(H,29,33)(H,30,31)(H,34,35)/t20?,21-,22-/m0/s1. The summed E-state index contributed by atoms with van der Waals surface area (Å²) in [5, 5.41) is 26.7. The van der Waals surface area contributed by atoms with Crippen LogP contribution in [0.3, 0.4) is 0 Å². The third-order valence-corrected chi connectivity index (χ3v) is 5.33. The molecule has 0 aliphatic carbocycles. The first-order chi connectivity index (χ1) is 16.7. The lowest BCUT2D eigenvalue weighted by Gasteiger charge is -2.26. The highest BCUT2D eigenvalue weighted by atomic mass is 16.4. The first kappa shape index (κ1) is 27.5. The van der Waals surface area contributed by atoms with E-state index in [-0.39, 0.29) is 31.2 Å². The number of carboxylic acids is 2. The third kappa shape index (κ3) is 9.97. The summed E-state index contributed by atoms with van der Waals surface area (Å²) in [6, 6.07) is 15.2. The number of carboxylic acid groups (broad SMARTS) is 2. The summed E-state index contributed by atoms with van der Waals surface area (Å²) in [7, 11) is 0. The summed E-state index contributed by atoms with van der Waals surface area (Å²) < 4.78 is 0. The number of carbonyl (C=O) groups is 4. The van der Waals surface area contributed by atoms with E-state index in [0.717, 1.165) is 11.1 Å². The molecule has 0 bridgehead atoms. The van der Waals surface area contributed by atoms with E-state index in [0.29, 0.717) is 0 Å². The Morgan fingerprint density at radius 2 is 1.34 bits per heavy atom. The maximum Gasteiger partial charge on any atom is 0.321 e. The Hall–Kier alpha value is -3.72. The van der Waals surface area contributed by atoms with Gasteiger partial charge in [0, 0.05) is 13.0 Å². The summed E-state index contributed by atoms with van der Waals surface area (Å²) in [4.78, 5) is 48.9. The van der Waals surface area contributed by atoms with Crippen LogP contribution in [0.5, 0.6) is 0 Å². The van der Waals surface area contributed by atoms with Gasteiger partial charge in [0.1, 0.15) is 12.1 Å². The monoisotopic (exact) mass is 483 g/mol. The van der Waals surface area contributed by atoms with Crippen LogP contribution in [-0.4, -0.2) is 52.1 Å². The lowest BCUT2D eigenvalue weighted by atomic mass is 10.00. The van der Waals surface area contributed by atoms with Crippen LogP contribution in [0, 0.1) is 5.92 Å². The molecule has 0 heterocycles. The second-order valence-electron chi connectivity index (χ2n) is 8.79. The molecule has 2 rings (SSSR count). The van der Waals surface area contributed by atoms with Gasteiger partial charge in [0.05, 0.1) is 12.5 Å². The minimum Gasteiger partial charge on any atom is -0.481 e. The number of aliphatic carboxylic acids is 2. The fourth-order valence-electron chi connectivity index (χ4n) is 3.60. The van der Waals surface area contributed by atoms with Crippen molar-refractivity contribution in [2.24, 2.45) is 5.92 Å². The summed E-state index contributed by atoms with van der Waals surface area (Å²) in [6.45, 7) is 4.01. The molecule has 2 amide bonds. The van der Waals surface area contributed by atoms with Crippen molar-refractivity contribution in [3.63, 3.8) is 0 Å². The fourth-order valence-corrected chi connectivity index (χ4v) is 3.60. The van der Waals surface area contributed by atoms with Crippen molar-refractivity contribution in [1.29, 1.82) is 0 Å². The van der Waals surface area contributed by atoms with Crippen molar-refractivity contribution >= 4 is 23.8 Å². The molecule has 5 N–H and O–H groups in total. The molecule has 9 heteroatoms. The van der Waals surface area contributed by atoms with Crippen LogP contribution in [0.4, 0.5) is 0 Å². The van der Waals surface area contributed by atoms with Gasteiger partial charge >= 0.3 is 11.9 Å². The number of amides is 2. The topological polar surface area (TPSA) is 145 Å². The molecule has 188 valence electrons. The second kappa shape index (κ2) is 13.9. The molecule has 0 fully saturated rings. The highest BCUT2D eigenvalue weighted by Crippen LogP contribution is 2.10. The maximum absolute atomic E-state index is 13.2. The van der Waals surface area contributed by atoms with Crippen molar-refractivity contribution < 1.29 is 29.4 Å². The lowest BCUT2D eigenvalue weighted by molar-refractivity contribution is -0.146. The van der Waals surface area contributed by atoms with Crippen LogP contribution in [0.15, 0.2) is 60.7 Å². The van der Waals surface area contributed by atoms with E-state index in [9.17, 15) is 24.3 Å². The Morgan fingerprint density at radius 1 is 0.771 bits per heavy atom. The van der Waals surface area contributed by atoms with Gasteiger partial charge in [-0.3, -0.25) is 24.5 Å². The average molecular weight is 484 g/mol. The Morgan fingerprint density at radius 3 is 1.86 bits per heavy atom. The van der Waals surface area contributed by atoms with Gasteiger partial charge in [-0.05, 0) is 23.5 Å². The zero-order valence-electron chi connectivity index (χ0n) is 19.9. The van der Waals surface area contributed by atoms with Gasteiger partial charge in [-0.2, -0.15) is 0 Å². The van der Waals surface area contributed by atoms with Crippen molar-refractivity contribution in [3.05, 3.63) is 71.8 Å². The number of nitrogens with one attached hydrogen (secondary N) is 3. The van der Waals surface area contributed by atoms with Crippen LogP contribution < -0.4 is 16.0 Å². The largest absolute Gasteiger partial charge is 0.481 e. The Kier molecular flexibility index (Phi) is 10.9. The van der Waals surface area contributed by atoms with Crippen molar-refractivity contribution in [2.75, 3.05) is 0 Å². The highest BCUT2D eigenvalue weighted by Gasteiger charge is 2.31. The third-order valence-electron chi connectivity index (χ3n) is 5.33. The number of hydrogen-bond acceptors (Lipinski definition) is 5. The van der Waals surface area contributed by atoms with Gasteiger partial charge in [0.2, 0.25) is 11.8 Å². The van der Waals surface area contributed by atoms with Crippen LogP contribution in [0.25, 0.3) is 0 Å². The average Bonchev–Trinajstić information content (AvgIpc) is 2.81. The van der Waals surface area contributed by atoms with E-state index in [1.807, 2.05) is 74.5 Å². The lowest BCUT2D eigenvalue weighted by Crippen LogP contribution is -2.56. The second-order valence-corrected chi connectivity index (χ2v) is 8.79. The fraction of sp³-hybridized carbons (Fsp3) is 0.385. The SMILES string of the molecule is CC(C)CC(N[C@@H](CC(=O)O)C(=O)O)C(=O)N[C@@H](Cc1ccccc1)C(=O)NCc1ccccc1. The molecule has 2 aromatic carbocycles. The van der Waals surface area contributed by atoms with E-state index < -0.39 is 42.4 Å². The predicted molar refractivity (Wildman–Crippen MR) is 130 cm³/mol. The molecule has 0 spiro atoms. The molecule has 0 saturated carbocycles. The molecule has 1 unspecified atom stereocenters. The van der Waals surface area contributed by atoms with Crippen LogP contribution in [0.1, 0.15) is 37.8 Å². The number of carbonyl (C=O) groups excluding carboxylic acids is 2. The molecular formula is C26H33N3O6. The van der Waals surface area contributed by atoms with E-state index in [1.165, 1.54) is 0 Å². The summed E-state index contributed by atoms with van der Waals surface area (Å²) in [6.07, 6.45) is -0.180. The molecule has 2 aromatic rings. The van der Waals surface area contributed by atoms with Crippen molar-refractivity contribution in [1.82, 2.24) is 16.0 Å². The Balaban J connectivity index is 2.19. The van der Waals surface area contributed by atoms with E-state index in [2.05, 4.69) is 16.0 Å². The maximum atomic E-state index is 13.2. The Bertz CT molecular complexity index is 981. The molecule has 0 radical (unpaired) electrons. The molecule has 0 aromatic heterocycles. The van der Waals surface area contributed by atoms with E-state index in [4.69, 9.17) is 5.11 Å². The summed E-state index contributed by atoms with van der Waals surface area (Å²) >= 11 is 0. The molecule has 0 aliphatic heterocycles. The number of rotatable bonds is 14. The zero-order chi connectivity index (χ0) is 25.8. The van der Waals surface area contributed by atoms with Crippen molar-refractivity contribution in [3.8, 4) is 0 Å². The summed E-state index contributed by atoms with van der Waals surface area (Å²) in [5.74, 6) is -3.59. The highest BCUT2D eigenvalue weighted by molar-refractivity contribution is 5.90. The van der Waals surface area contributed by atoms with Crippen LogP contribution in [0.2, 0.25) is 0 Å². The molecule has 3 atom stereocenters. The molecular weight excluding hydrogens is 450 g/mol. The smallest absolute Gasteiger partial charge is 0.321 e. The van der Waals surface area contributed by atoms with Gasteiger partial charge in [-0.25, -0.2) is 0 Å². The molecule has 0 aliphatic rings. The van der Waals surface area contributed by atoms with Gasteiger partial charge < -0.3 is 20.8 Å². The minimum absolute atomic E-state index is 0.0111. The van der Waals surface area contributed by atoms with Crippen LogP contribution >= 0.6 is 0 Å². The molecule has 35 heavy (non-hydrogen) atoms. The van der Waals surface area contributed by atoms with Gasteiger partial charge in [0.15, 0.2) is 0 Å². The number of hydrogen-bond donors (Lipinski definition) is 5. The first-order valence-corrected chi connectivity index (χ1v) is 11.5. The van der Waals surface area contributed by atoms with E-state index >= 15 is 0 Å². The van der Waals surface area contributed by atoms with Crippen molar-refractivity contribution in [2.45, 2.75) is 57.8 Å². The normalized spacial score (nSPS) is 13.5. The van der Waals surface area contributed by atoms with Gasteiger partial charge in [-0.1, -0.05) is 74.5 Å².